The molecule has 0 aliphatic carbocycles. The Morgan fingerprint density at radius 2 is 2.08 bits per heavy atom. The molecule has 128 valence electrons. The van der Waals surface area contributed by atoms with Crippen molar-refractivity contribution in [3.8, 4) is 0 Å². The van der Waals surface area contributed by atoms with Crippen LogP contribution < -0.4 is 5.32 Å². The van der Waals surface area contributed by atoms with Crippen molar-refractivity contribution < 1.29 is 18.8 Å². The van der Waals surface area contributed by atoms with E-state index >= 15 is 0 Å². The summed E-state index contributed by atoms with van der Waals surface area (Å²) < 4.78 is 9.70. The number of carbonyl (C=O) groups is 2. The SMILES string of the molecule is COCCCN(CC(=O)Nc1ccon1)C(=O)c1ccccc1C. The van der Waals surface area contributed by atoms with E-state index in [0.29, 0.717) is 31.0 Å². The molecule has 0 atom stereocenters. The molecule has 0 aliphatic rings. The average molecular weight is 331 g/mol. The molecule has 0 bridgehead atoms. The molecule has 1 aromatic heterocycles. The molecule has 0 radical (unpaired) electrons. The number of aryl methyl sites for hydroxylation is 1. The van der Waals surface area contributed by atoms with Gasteiger partial charge in [-0.15, -0.1) is 0 Å². The van der Waals surface area contributed by atoms with E-state index in [4.69, 9.17) is 4.74 Å². The Balaban J connectivity index is 2.07. The van der Waals surface area contributed by atoms with Crippen LogP contribution in [0.1, 0.15) is 22.3 Å². The third kappa shape index (κ3) is 4.92. The molecule has 1 aromatic carbocycles. The summed E-state index contributed by atoms with van der Waals surface area (Å²) in [6, 6.07) is 8.85. The highest BCUT2D eigenvalue weighted by atomic mass is 16.5. The molecule has 7 nitrogen and oxygen atoms in total. The van der Waals surface area contributed by atoms with Gasteiger partial charge in [-0.3, -0.25) is 9.59 Å². The summed E-state index contributed by atoms with van der Waals surface area (Å²) in [5, 5.41) is 6.22. The van der Waals surface area contributed by atoms with E-state index in [0.717, 1.165) is 5.56 Å². The molecular weight excluding hydrogens is 310 g/mol. The van der Waals surface area contributed by atoms with E-state index < -0.39 is 0 Å². The van der Waals surface area contributed by atoms with E-state index in [2.05, 4.69) is 15.0 Å². The van der Waals surface area contributed by atoms with Gasteiger partial charge in [0, 0.05) is 31.9 Å². The summed E-state index contributed by atoms with van der Waals surface area (Å²) >= 11 is 0. The van der Waals surface area contributed by atoms with Gasteiger partial charge >= 0.3 is 0 Å². The van der Waals surface area contributed by atoms with Crippen molar-refractivity contribution in [2.75, 3.05) is 32.1 Å². The lowest BCUT2D eigenvalue weighted by Crippen LogP contribution is -2.39. The average Bonchev–Trinajstić information content (AvgIpc) is 3.07. The highest BCUT2D eigenvalue weighted by molar-refractivity contribution is 5.99. The van der Waals surface area contributed by atoms with Gasteiger partial charge in [0.15, 0.2) is 5.82 Å². The Hall–Kier alpha value is -2.67. The van der Waals surface area contributed by atoms with E-state index in [-0.39, 0.29) is 18.4 Å². The van der Waals surface area contributed by atoms with Crippen LogP contribution in [0.5, 0.6) is 0 Å². The van der Waals surface area contributed by atoms with Crippen molar-refractivity contribution >= 4 is 17.6 Å². The normalized spacial score (nSPS) is 10.4. The van der Waals surface area contributed by atoms with Crippen LogP contribution in [-0.2, 0) is 9.53 Å². The summed E-state index contributed by atoms with van der Waals surface area (Å²) in [4.78, 5) is 26.4. The third-order valence-corrected chi connectivity index (χ3v) is 3.48. The fraction of sp³-hybridized carbons (Fsp3) is 0.353. The highest BCUT2D eigenvalue weighted by Gasteiger charge is 2.20. The lowest BCUT2D eigenvalue weighted by Gasteiger charge is -2.22. The molecular formula is C17H21N3O4. The molecule has 0 saturated carbocycles. The molecule has 2 aromatic rings. The lowest BCUT2D eigenvalue weighted by molar-refractivity contribution is -0.117. The first-order valence-corrected chi connectivity index (χ1v) is 7.66. The third-order valence-electron chi connectivity index (χ3n) is 3.48. The molecule has 1 N–H and O–H groups in total. The fourth-order valence-electron chi connectivity index (χ4n) is 2.27. The van der Waals surface area contributed by atoms with Crippen LogP contribution in [0.4, 0.5) is 5.82 Å². The van der Waals surface area contributed by atoms with Gasteiger partial charge < -0.3 is 19.5 Å². The topological polar surface area (TPSA) is 84.7 Å². The molecule has 7 heteroatoms. The van der Waals surface area contributed by atoms with Crippen molar-refractivity contribution in [2.45, 2.75) is 13.3 Å². The van der Waals surface area contributed by atoms with Crippen molar-refractivity contribution in [1.29, 1.82) is 0 Å². The van der Waals surface area contributed by atoms with E-state index in [1.54, 1.807) is 13.2 Å². The van der Waals surface area contributed by atoms with Crippen LogP contribution in [0.15, 0.2) is 41.1 Å². The standard InChI is InChI=1S/C17H21N3O4/c1-13-6-3-4-7-14(13)17(22)20(9-5-10-23-2)12-16(21)18-15-8-11-24-19-15/h3-4,6-8,11H,5,9-10,12H2,1-2H3,(H,18,19,21). The van der Waals surface area contributed by atoms with Gasteiger partial charge in [0.1, 0.15) is 12.8 Å². The van der Waals surface area contributed by atoms with E-state index in [1.165, 1.54) is 17.2 Å². The van der Waals surface area contributed by atoms with Crippen LogP contribution in [0.25, 0.3) is 0 Å². The number of methoxy groups -OCH3 is 1. The van der Waals surface area contributed by atoms with Crippen molar-refractivity contribution in [3.05, 3.63) is 47.7 Å². The largest absolute Gasteiger partial charge is 0.385 e. The molecule has 1 heterocycles. The van der Waals surface area contributed by atoms with Crippen molar-refractivity contribution in [3.63, 3.8) is 0 Å². The smallest absolute Gasteiger partial charge is 0.254 e. The number of anilines is 1. The highest BCUT2D eigenvalue weighted by Crippen LogP contribution is 2.11. The first-order valence-electron chi connectivity index (χ1n) is 7.66. The van der Waals surface area contributed by atoms with Gasteiger partial charge in [-0.05, 0) is 25.0 Å². The Kier molecular flexibility index (Phi) is 6.51. The minimum atomic E-state index is -0.330. The molecule has 24 heavy (non-hydrogen) atoms. The van der Waals surface area contributed by atoms with Crippen LogP contribution in [-0.4, -0.2) is 48.7 Å². The van der Waals surface area contributed by atoms with Gasteiger partial charge in [-0.25, -0.2) is 0 Å². The summed E-state index contributed by atoms with van der Waals surface area (Å²) in [5.41, 5.74) is 1.46. The summed E-state index contributed by atoms with van der Waals surface area (Å²) in [7, 11) is 1.60. The molecule has 0 aliphatic heterocycles. The minimum Gasteiger partial charge on any atom is -0.385 e. The maximum atomic E-state index is 12.8. The van der Waals surface area contributed by atoms with E-state index in [9.17, 15) is 9.59 Å². The number of aromatic nitrogens is 1. The Bertz CT molecular complexity index is 670. The van der Waals surface area contributed by atoms with Crippen molar-refractivity contribution in [1.82, 2.24) is 10.1 Å². The number of hydrogen-bond acceptors (Lipinski definition) is 5. The zero-order chi connectivity index (χ0) is 17.4. The number of nitrogens with zero attached hydrogens (tertiary/aromatic N) is 2. The molecule has 0 fully saturated rings. The zero-order valence-corrected chi connectivity index (χ0v) is 13.8. The second kappa shape index (κ2) is 8.83. The number of ether oxygens (including phenoxy) is 1. The number of carbonyl (C=O) groups excluding carboxylic acids is 2. The number of nitrogens with one attached hydrogen (secondary N) is 1. The Morgan fingerprint density at radius 1 is 1.29 bits per heavy atom. The summed E-state index contributed by atoms with van der Waals surface area (Å²) in [6.07, 6.45) is 2.01. The summed E-state index contributed by atoms with van der Waals surface area (Å²) in [5.74, 6) is -0.192. The van der Waals surface area contributed by atoms with Gasteiger partial charge in [-0.1, -0.05) is 23.4 Å². The predicted octanol–water partition coefficient (Wildman–Crippen LogP) is 2.10. The number of amides is 2. The number of rotatable bonds is 8. The second-order valence-electron chi connectivity index (χ2n) is 5.32. The molecule has 0 saturated heterocycles. The maximum absolute atomic E-state index is 12.8. The van der Waals surface area contributed by atoms with Gasteiger partial charge in [0.2, 0.25) is 5.91 Å². The Labute approximate surface area is 140 Å². The number of benzene rings is 1. The maximum Gasteiger partial charge on any atom is 0.254 e. The molecule has 2 amide bonds. The predicted molar refractivity (Wildman–Crippen MR) is 88.7 cm³/mol. The fourth-order valence-corrected chi connectivity index (χ4v) is 2.27. The first kappa shape index (κ1) is 17.7. The minimum absolute atomic E-state index is 0.0657. The molecule has 0 spiro atoms. The molecule has 0 unspecified atom stereocenters. The van der Waals surface area contributed by atoms with Crippen molar-refractivity contribution in [2.24, 2.45) is 0 Å². The summed E-state index contributed by atoms with van der Waals surface area (Å²) in [6.45, 7) is 2.75. The van der Waals surface area contributed by atoms with Gasteiger partial charge in [-0.2, -0.15) is 0 Å². The zero-order valence-electron chi connectivity index (χ0n) is 13.8. The van der Waals surface area contributed by atoms with Gasteiger partial charge in [0.05, 0.1) is 0 Å². The quantitative estimate of drug-likeness (QED) is 0.749. The molecule has 2 rings (SSSR count). The van der Waals surface area contributed by atoms with Gasteiger partial charge in [0.25, 0.3) is 5.91 Å². The number of hydrogen-bond donors (Lipinski definition) is 1. The van der Waals surface area contributed by atoms with Crippen LogP contribution in [0.3, 0.4) is 0 Å². The lowest BCUT2D eigenvalue weighted by atomic mass is 10.1. The van der Waals surface area contributed by atoms with Crippen LogP contribution in [0, 0.1) is 6.92 Å². The Morgan fingerprint density at radius 3 is 2.75 bits per heavy atom. The monoisotopic (exact) mass is 331 g/mol. The van der Waals surface area contributed by atoms with Crippen LogP contribution in [0.2, 0.25) is 0 Å². The second-order valence-corrected chi connectivity index (χ2v) is 5.32. The van der Waals surface area contributed by atoms with Crippen LogP contribution >= 0.6 is 0 Å². The van der Waals surface area contributed by atoms with E-state index in [1.807, 2.05) is 25.1 Å². The first-order chi connectivity index (χ1) is 11.6.